The van der Waals surface area contributed by atoms with Crippen LogP contribution in [0.3, 0.4) is 0 Å². The lowest BCUT2D eigenvalue weighted by Crippen LogP contribution is -2.36. The molecule has 0 unspecified atom stereocenters. The molecule has 0 radical (unpaired) electrons. The van der Waals surface area contributed by atoms with Gasteiger partial charge in [0.05, 0.1) is 18.8 Å². The van der Waals surface area contributed by atoms with E-state index in [4.69, 9.17) is 4.42 Å². The first-order valence-corrected chi connectivity index (χ1v) is 8.29. The highest BCUT2D eigenvalue weighted by molar-refractivity contribution is 14.0. The van der Waals surface area contributed by atoms with E-state index in [1.54, 1.807) is 19.2 Å². The fourth-order valence-corrected chi connectivity index (χ4v) is 2.19. The zero-order valence-corrected chi connectivity index (χ0v) is 17.9. The lowest BCUT2D eigenvalue weighted by Gasteiger charge is -2.10. The van der Waals surface area contributed by atoms with Crippen LogP contribution in [0.4, 0.5) is 0 Å². The standard InChI is InChI=1S/C18H25N5O2.HI/c1-5-20-18(22-11-16-23-12(2)13(3)25-16)21-10-14-6-8-15(9-7-14)17(24)19-4;/h6-9H,5,10-11H2,1-4H3,(H,19,24)(H2,20,21,22);1H. The molecule has 0 bridgehead atoms. The van der Waals surface area contributed by atoms with Crippen LogP contribution >= 0.6 is 24.0 Å². The number of guanidine groups is 1. The minimum atomic E-state index is -0.0957. The average molecular weight is 471 g/mol. The number of aromatic nitrogens is 1. The van der Waals surface area contributed by atoms with Crippen molar-refractivity contribution < 1.29 is 9.21 Å². The van der Waals surface area contributed by atoms with Crippen LogP contribution in [-0.2, 0) is 13.1 Å². The Morgan fingerprint density at radius 3 is 2.42 bits per heavy atom. The molecule has 2 rings (SSSR count). The van der Waals surface area contributed by atoms with E-state index in [2.05, 4.69) is 25.9 Å². The second kappa shape index (κ2) is 10.8. The van der Waals surface area contributed by atoms with E-state index >= 15 is 0 Å². The molecule has 7 nitrogen and oxygen atoms in total. The Kier molecular flexibility index (Phi) is 9.11. The molecule has 1 amide bonds. The number of halogens is 1. The van der Waals surface area contributed by atoms with Crippen LogP contribution in [0, 0.1) is 13.8 Å². The topological polar surface area (TPSA) is 91.5 Å². The molecule has 0 aliphatic carbocycles. The first-order chi connectivity index (χ1) is 12.0. The van der Waals surface area contributed by atoms with Crippen LogP contribution < -0.4 is 16.0 Å². The number of aliphatic imine (C=N–C) groups is 1. The van der Waals surface area contributed by atoms with Crippen LogP contribution in [0.15, 0.2) is 33.7 Å². The molecule has 8 heteroatoms. The predicted molar refractivity (Wildman–Crippen MR) is 113 cm³/mol. The summed E-state index contributed by atoms with van der Waals surface area (Å²) in [5.74, 6) is 2.05. The number of hydrogen-bond donors (Lipinski definition) is 3. The quantitative estimate of drug-likeness (QED) is 0.342. The van der Waals surface area contributed by atoms with Gasteiger partial charge in [0.1, 0.15) is 5.76 Å². The van der Waals surface area contributed by atoms with Gasteiger partial charge >= 0.3 is 0 Å². The third-order valence-electron chi connectivity index (χ3n) is 3.69. The smallest absolute Gasteiger partial charge is 0.251 e. The van der Waals surface area contributed by atoms with Crippen molar-refractivity contribution in [3.05, 3.63) is 52.7 Å². The fraction of sp³-hybridized carbons (Fsp3) is 0.389. The molecule has 0 aliphatic rings. The summed E-state index contributed by atoms with van der Waals surface area (Å²) in [5, 5.41) is 9.00. The lowest BCUT2D eigenvalue weighted by atomic mass is 10.1. The van der Waals surface area contributed by atoms with Crippen LogP contribution in [0.5, 0.6) is 0 Å². The molecule has 0 spiro atoms. The minimum absolute atomic E-state index is 0. The number of rotatable bonds is 6. The Hall–Kier alpha value is -2.10. The predicted octanol–water partition coefficient (Wildman–Crippen LogP) is 2.52. The summed E-state index contributed by atoms with van der Waals surface area (Å²) in [6, 6.07) is 7.39. The van der Waals surface area contributed by atoms with Crippen molar-refractivity contribution in [2.75, 3.05) is 13.6 Å². The zero-order valence-electron chi connectivity index (χ0n) is 15.5. The number of amides is 1. The largest absolute Gasteiger partial charge is 0.444 e. The van der Waals surface area contributed by atoms with Gasteiger partial charge in [0, 0.05) is 19.2 Å². The zero-order chi connectivity index (χ0) is 18.2. The molecule has 0 atom stereocenters. The maximum Gasteiger partial charge on any atom is 0.251 e. The van der Waals surface area contributed by atoms with Crippen molar-refractivity contribution in [3.63, 3.8) is 0 Å². The van der Waals surface area contributed by atoms with Crippen LogP contribution in [-0.4, -0.2) is 30.4 Å². The number of hydrogen-bond acceptors (Lipinski definition) is 4. The summed E-state index contributed by atoms with van der Waals surface area (Å²) < 4.78 is 5.56. The molecule has 0 saturated heterocycles. The van der Waals surface area contributed by atoms with Crippen molar-refractivity contribution in [1.82, 2.24) is 20.9 Å². The summed E-state index contributed by atoms with van der Waals surface area (Å²) in [4.78, 5) is 20.4. The molecule has 1 heterocycles. The van der Waals surface area contributed by atoms with Gasteiger partial charge in [-0.2, -0.15) is 0 Å². The van der Waals surface area contributed by atoms with E-state index in [1.165, 1.54) is 0 Å². The molecule has 0 aliphatic heterocycles. The molecule has 26 heavy (non-hydrogen) atoms. The van der Waals surface area contributed by atoms with E-state index in [0.717, 1.165) is 23.6 Å². The molecule has 0 saturated carbocycles. The van der Waals surface area contributed by atoms with Crippen LogP contribution in [0.1, 0.15) is 40.2 Å². The number of carbonyl (C=O) groups is 1. The third kappa shape index (κ3) is 6.32. The Bertz CT molecular complexity index is 721. The highest BCUT2D eigenvalue weighted by atomic mass is 127. The van der Waals surface area contributed by atoms with Crippen molar-refractivity contribution in [2.45, 2.75) is 33.9 Å². The number of nitrogens with one attached hydrogen (secondary N) is 3. The van der Waals surface area contributed by atoms with Crippen molar-refractivity contribution in [3.8, 4) is 0 Å². The number of nitrogens with zero attached hydrogens (tertiary/aromatic N) is 2. The van der Waals surface area contributed by atoms with Gasteiger partial charge < -0.3 is 20.4 Å². The van der Waals surface area contributed by atoms with Crippen molar-refractivity contribution in [1.29, 1.82) is 0 Å². The fourth-order valence-electron chi connectivity index (χ4n) is 2.19. The number of carbonyl (C=O) groups excluding carboxylic acids is 1. The number of oxazole rings is 1. The summed E-state index contributed by atoms with van der Waals surface area (Å²) >= 11 is 0. The Morgan fingerprint density at radius 2 is 1.88 bits per heavy atom. The van der Waals surface area contributed by atoms with E-state index in [0.29, 0.717) is 30.5 Å². The normalized spacial score (nSPS) is 10.8. The number of benzene rings is 1. The molecule has 3 N–H and O–H groups in total. The van der Waals surface area contributed by atoms with E-state index < -0.39 is 0 Å². The van der Waals surface area contributed by atoms with Gasteiger partial charge in [-0.25, -0.2) is 9.98 Å². The SMILES string of the molecule is CCNC(=NCc1ccc(C(=O)NC)cc1)NCc1nc(C)c(C)o1.I. The second-order valence-corrected chi connectivity index (χ2v) is 5.57. The molecule has 1 aromatic carbocycles. The van der Waals surface area contributed by atoms with Crippen molar-refractivity contribution in [2.24, 2.45) is 4.99 Å². The summed E-state index contributed by atoms with van der Waals surface area (Å²) in [6.45, 7) is 7.56. The number of aryl methyl sites for hydroxylation is 2. The average Bonchev–Trinajstić information content (AvgIpc) is 2.95. The van der Waals surface area contributed by atoms with Crippen LogP contribution in [0.2, 0.25) is 0 Å². The maximum atomic E-state index is 11.5. The van der Waals surface area contributed by atoms with E-state index in [-0.39, 0.29) is 29.9 Å². The summed E-state index contributed by atoms with van der Waals surface area (Å²) in [5.41, 5.74) is 2.55. The van der Waals surface area contributed by atoms with Gasteiger partial charge in [0.25, 0.3) is 5.91 Å². The highest BCUT2D eigenvalue weighted by Gasteiger charge is 2.06. The molecule has 2 aromatic rings. The maximum absolute atomic E-state index is 11.5. The van der Waals surface area contributed by atoms with Crippen LogP contribution in [0.25, 0.3) is 0 Å². The summed E-state index contributed by atoms with van der Waals surface area (Å²) in [6.07, 6.45) is 0. The molecule has 1 aromatic heterocycles. The van der Waals surface area contributed by atoms with E-state index in [9.17, 15) is 4.79 Å². The third-order valence-corrected chi connectivity index (χ3v) is 3.69. The van der Waals surface area contributed by atoms with Crippen molar-refractivity contribution >= 4 is 35.8 Å². The van der Waals surface area contributed by atoms with Gasteiger partial charge in [-0.15, -0.1) is 24.0 Å². The highest BCUT2D eigenvalue weighted by Crippen LogP contribution is 2.08. The molecular weight excluding hydrogens is 445 g/mol. The summed E-state index contributed by atoms with van der Waals surface area (Å²) in [7, 11) is 1.62. The minimum Gasteiger partial charge on any atom is -0.444 e. The monoisotopic (exact) mass is 471 g/mol. The first-order valence-electron chi connectivity index (χ1n) is 8.29. The Morgan fingerprint density at radius 1 is 1.19 bits per heavy atom. The van der Waals surface area contributed by atoms with Gasteiger partial charge in [0.2, 0.25) is 5.89 Å². The molecule has 0 fully saturated rings. The Labute approximate surface area is 171 Å². The second-order valence-electron chi connectivity index (χ2n) is 5.57. The molecular formula is C18H26IN5O2. The first kappa shape index (κ1) is 21.9. The van der Waals surface area contributed by atoms with E-state index in [1.807, 2.05) is 32.9 Å². The lowest BCUT2D eigenvalue weighted by molar-refractivity contribution is 0.0963. The Balaban J connectivity index is 0.00000338. The molecule has 142 valence electrons. The van der Waals surface area contributed by atoms with Gasteiger partial charge in [-0.3, -0.25) is 4.79 Å². The van der Waals surface area contributed by atoms with Gasteiger partial charge in [-0.1, -0.05) is 12.1 Å². The van der Waals surface area contributed by atoms with Gasteiger partial charge in [-0.05, 0) is 38.5 Å². The van der Waals surface area contributed by atoms with Gasteiger partial charge in [0.15, 0.2) is 5.96 Å².